The van der Waals surface area contributed by atoms with Gasteiger partial charge >= 0.3 is 0 Å². The number of carboxylic acid groups (broad SMARTS) is 1. The number of thiophene rings is 1. The van der Waals surface area contributed by atoms with Crippen molar-refractivity contribution >= 4 is 33.3 Å². The van der Waals surface area contributed by atoms with Crippen LogP contribution >= 0.6 is 11.3 Å². The number of nitrogens with one attached hydrogen (secondary N) is 1. The zero-order valence-electron chi connectivity index (χ0n) is 13.1. The van der Waals surface area contributed by atoms with Crippen LogP contribution in [0.15, 0.2) is 0 Å². The smallest absolute Gasteiger partial charge is 0.139 e. The molecule has 0 saturated carbocycles. The number of carbonyl (C=O) groups excluding carboxylic acids is 1. The minimum atomic E-state index is -1.09. The van der Waals surface area contributed by atoms with Crippen LogP contribution in [0.5, 0.6) is 0 Å². The summed E-state index contributed by atoms with van der Waals surface area (Å²) < 4.78 is 0. The first-order valence-electron chi connectivity index (χ1n) is 7.73. The van der Waals surface area contributed by atoms with Crippen molar-refractivity contribution in [3.63, 3.8) is 0 Å². The van der Waals surface area contributed by atoms with Crippen LogP contribution in [-0.4, -0.2) is 22.0 Å². The van der Waals surface area contributed by atoms with Crippen LogP contribution < -0.4 is 10.4 Å². The lowest BCUT2D eigenvalue weighted by Gasteiger charge is -2.24. The molecule has 5 nitrogen and oxygen atoms in total. The first kappa shape index (κ1) is 15.2. The van der Waals surface area contributed by atoms with Crippen molar-refractivity contribution in [2.45, 2.75) is 52.5 Å². The minimum absolute atomic E-state index is 0.0789. The monoisotopic (exact) mass is 318 g/mol. The zero-order valence-corrected chi connectivity index (χ0v) is 13.9. The standard InChI is InChI=1S/C16H21N3O2S/c1-8(2)13(16(20)21)19-14-12-10-6-4-5-7-11(10)22-15(12)18-9(3)17-14/h8,13H,4-7H2,1-3H3,(H,20,21)(H,17,18,19)/p-1/t13-/m0/s1. The number of carbonyl (C=O) groups is 1. The van der Waals surface area contributed by atoms with E-state index in [4.69, 9.17) is 0 Å². The Bertz CT molecular complexity index is 724. The van der Waals surface area contributed by atoms with Gasteiger partial charge in [-0.05, 0) is 44.1 Å². The molecule has 2 heterocycles. The SMILES string of the molecule is Cc1nc(N[C@H](C(=O)[O-])C(C)C)c2c3c(sc2n1)CCCC3. The maximum atomic E-state index is 11.4. The van der Waals surface area contributed by atoms with Crippen molar-refractivity contribution in [3.05, 3.63) is 16.3 Å². The quantitative estimate of drug-likeness (QED) is 0.933. The topological polar surface area (TPSA) is 77.9 Å². The van der Waals surface area contributed by atoms with Gasteiger partial charge in [0.2, 0.25) is 0 Å². The molecule has 0 aromatic carbocycles. The van der Waals surface area contributed by atoms with E-state index in [-0.39, 0.29) is 5.92 Å². The van der Waals surface area contributed by atoms with Crippen molar-refractivity contribution in [1.29, 1.82) is 0 Å². The number of nitrogens with zero attached hydrogens (tertiary/aromatic N) is 2. The summed E-state index contributed by atoms with van der Waals surface area (Å²) in [7, 11) is 0. The number of carboxylic acids is 1. The van der Waals surface area contributed by atoms with Gasteiger partial charge in [0, 0.05) is 4.88 Å². The fourth-order valence-corrected chi connectivity index (χ4v) is 4.32. The van der Waals surface area contributed by atoms with Gasteiger partial charge in [0.25, 0.3) is 0 Å². The van der Waals surface area contributed by atoms with Crippen LogP contribution in [-0.2, 0) is 17.6 Å². The number of aromatic nitrogens is 2. The van der Waals surface area contributed by atoms with Crippen LogP contribution in [0.1, 0.15) is 43.0 Å². The zero-order chi connectivity index (χ0) is 15.9. The molecule has 1 N–H and O–H groups in total. The lowest BCUT2D eigenvalue weighted by Crippen LogP contribution is -2.44. The molecule has 1 aliphatic carbocycles. The summed E-state index contributed by atoms with van der Waals surface area (Å²) in [6.07, 6.45) is 4.49. The van der Waals surface area contributed by atoms with E-state index in [9.17, 15) is 9.90 Å². The van der Waals surface area contributed by atoms with E-state index in [0.717, 1.165) is 23.1 Å². The van der Waals surface area contributed by atoms with Crippen molar-refractivity contribution in [1.82, 2.24) is 9.97 Å². The molecule has 0 radical (unpaired) electrons. The Kier molecular flexibility index (Phi) is 4.04. The Morgan fingerprint density at radius 3 is 2.68 bits per heavy atom. The van der Waals surface area contributed by atoms with E-state index in [1.54, 1.807) is 11.3 Å². The first-order chi connectivity index (χ1) is 10.5. The molecule has 0 amide bonds. The molecule has 0 bridgehead atoms. The van der Waals surface area contributed by atoms with Crippen LogP contribution in [0, 0.1) is 12.8 Å². The normalized spacial score (nSPS) is 15.8. The predicted octanol–water partition coefficient (Wildman–Crippen LogP) is 2.06. The Balaban J connectivity index is 2.11. The van der Waals surface area contributed by atoms with Gasteiger partial charge in [0.05, 0.1) is 17.4 Å². The third-order valence-electron chi connectivity index (χ3n) is 4.14. The Labute approximate surface area is 133 Å². The van der Waals surface area contributed by atoms with Crippen LogP contribution in [0.4, 0.5) is 5.82 Å². The average molecular weight is 318 g/mol. The van der Waals surface area contributed by atoms with Gasteiger partial charge < -0.3 is 15.2 Å². The van der Waals surface area contributed by atoms with Crippen molar-refractivity contribution in [3.8, 4) is 0 Å². The highest BCUT2D eigenvalue weighted by atomic mass is 32.1. The molecule has 0 aliphatic heterocycles. The molecule has 0 saturated heterocycles. The summed E-state index contributed by atoms with van der Waals surface area (Å²) in [5, 5.41) is 15.5. The summed E-state index contributed by atoms with van der Waals surface area (Å²) in [6.45, 7) is 5.57. The van der Waals surface area contributed by atoms with Crippen molar-refractivity contribution in [2.24, 2.45) is 5.92 Å². The second-order valence-electron chi connectivity index (χ2n) is 6.20. The molecule has 1 atom stereocenters. The molecule has 22 heavy (non-hydrogen) atoms. The molecule has 6 heteroatoms. The largest absolute Gasteiger partial charge is 0.548 e. The summed E-state index contributed by atoms with van der Waals surface area (Å²) in [6, 6.07) is -0.753. The van der Waals surface area contributed by atoms with Gasteiger partial charge in [-0.3, -0.25) is 0 Å². The molecular weight excluding hydrogens is 298 g/mol. The van der Waals surface area contributed by atoms with Crippen molar-refractivity contribution < 1.29 is 9.90 Å². The third-order valence-corrected chi connectivity index (χ3v) is 5.32. The molecule has 118 valence electrons. The lowest BCUT2D eigenvalue weighted by atomic mass is 9.96. The number of hydrogen-bond acceptors (Lipinski definition) is 6. The third kappa shape index (κ3) is 2.67. The van der Waals surface area contributed by atoms with Gasteiger partial charge in [-0.2, -0.15) is 0 Å². The van der Waals surface area contributed by atoms with E-state index in [0.29, 0.717) is 11.6 Å². The van der Waals surface area contributed by atoms with Crippen molar-refractivity contribution in [2.75, 3.05) is 5.32 Å². The number of rotatable bonds is 4. The number of fused-ring (bicyclic) bond motifs is 3. The van der Waals surface area contributed by atoms with E-state index in [1.165, 1.54) is 23.3 Å². The predicted molar refractivity (Wildman–Crippen MR) is 86.0 cm³/mol. The summed E-state index contributed by atoms with van der Waals surface area (Å²) >= 11 is 1.72. The van der Waals surface area contributed by atoms with Gasteiger partial charge in [-0.25, -0.2) is 9.97 Å². The summed E-state index contributed by atoms with van der Waals surface area (Å²) in [4.78, 5) is 22.7. The molecule has 1 aliphatic rings. The van der Waals surface area contributed by atoms with E-state index < -0.39 is 12.0 Å². The molecule has 2 aromatic rings. The molecule has 0 fully saturated rings. The Morgan fingerprint density at radius 1 is 1.27 bits per heavy atom. The first-order valence-corrected chi connectivity index (χ1v) is 8.55. The Morgan fingerprint density at radius 2 is 2.00 bits per heavy atom. The highest BCUT2D eigenvalue weighted by Crippen LogP contribution is 2.38. The van der Waals surface area contributed by atoms with E-state index in [2.05, 4.69) is 15.3 Å². The number of aliphatic carboxylic acids is 1. The Hall–Kier alpha value is -1.69. The molecular formula is C16H20N3O2S-. The second kappa shape index (κ2) is 5.83. The van der Waals surface area contributed by atoms with E-state index >= 15 is 0 Å². The van der Waals surface area contributed by atoms with Gasteiger partial charge in [-0.15, -0.1) is 11.3 Å². The molecule has 3 rings (SSSR count). The fraction of sp³-hybridized carbons (Fsp3) is 0.562. The summed E-state index contributed by atoms with van der Waals surface area (Å²) in [5.41, 5.74) is 1.30. The molecule has 0 unspecified atom stereocenters. The number of anilines is 1. The van der Waals surface area contributed by atoms with Gasteiger partial charge in [0.15, 0.2) is 0 Å². The van der Waals surface area contributed by atoms with Crippen LogP contribution in [0.2, 0.25) is 0 Å². The highest BCUT2D eigenvalue weighted by Gasteiger charge is 2.23. The minimum Gasteiger partial charge on any atom is -0.548 e. The maximum absolute atomic E-state index is 11.4. The van der Waals surface area contributed by atoms with Crippen LogP contribution in [0.25, 0.3) is 10.2 Å². The number of aryl methyl sites for hydroxylation is 3. The average Bonchev–Trinajstić information content (AvgIpc) is 2.81. The second-order valence-corrected chi connectivity index (χ2v) is 7.28. The number of hydrogen-bond donors (Lipinski definition) is 1. The van der Waals surface area contributed by atoms with Crippen LogP contribution in [0.3, 0.4) is 0 Å². The molecule has 0 spiro atoms. The lowest BCUT2D eigenvalue weighted by molar-refractivity contribution is -0.307. The fourth-order valence-electron chi connectivity index (χ4n) is 3.01. The van der Waals surface area contributed by atoms with Gasteiger partial charge in [0.1, 0.15) is 16.5 Å². The van der Waals surface area contributed by atoms with E-state index in [1.807, 2.05) is 20.8 Å². The molecule has 2 aromatic heterocycles. The highest BCUT2D eigenvalue weighted by molar-refractivity contribution is 7.19. The van der Waals surface area contributed by atoms with Gasteiger partial charge in [-0.1, -0.05) is 13.8 Å². The summed E-state index contributed by atoms with van der Waals surface area (Å²) in [5.74, 6) is 0.132. The maximum Gasteiger partial charge on any atom is 0.139 e.